The molecule has 0 aromatic heterocycles. The van der Waals surface area contributed by atoms with Crippen LogP contribution in [0.5, 0.6) is 0 Å². The van der Waals surface area contributed by atoms with E-state index in [-0.39, 0.29) is 12.2 Å². The monoisotopic (exact) mass is 338 g/mol. The van der Waals surface area contributed by atoms with Crippen molar-refractivity contribution in [2.75, 3.05) is 0 Å². The zero-order chi connectivity index (χ0) is 16.1. The van der Waals surface area contributed by atoms with Gasteiger partial charge in [0.25, 0.3) is 0 Å². The zero-order valence-corrected chi connectivity index (χ0v) is 16.1. The van der Waals surface area contributed by atoms with Crippen LogP contribution in [0.25, 0.3) is 0 Å². The van der Waals surface area contributed by atoms with Crippen molar-refractivity contribution in [3.05, 3.63) is 0 Å². The molecule has 5 heteroatoms. The summed E-state index contributed by atoms with van der Waals surface area (Å²) in [5.41, 5.74) is 0. The highest BCUT2D eigenvalue weighted by atomic mass is 32.5. The highest BCUT2D eigenvalue weighted by molar-refractivity contribution is 8.07. The van der Waals surface area contributed by atoms with E-state index in [1.54, 1.807) is 0 Å². The Labute approximate surface area is 137 Å². The van der Waals surface area contributed by atoms with Crippen LogP contribution in [0.4, 0.5) is 0 Å². The van der Waals surface area contributed by atoms with Crippen molar-refractivity contribution in [1.29, 1.82) is 0 Å². The first-order valence-corrected chi connectivity index (χ1v) is 11.3. The SMILES string of the molecule is CCCCCC(CC)OP(O)(=S)OC(CC)CCCCC. The predicted molar refractivity (Wildman–Crippen MR) is 95.1 cm³/mol. The van der Waals surface area contributed by atoms with Crippen LogP contribution in [0, 0.1) is 0 Å². The lowest BCUT2D eigenvalue weighted by atomic mass is 10.1. The van der Waals surface area contributed by atoms with Crippen LogP contribution >= 0.6 is 6.72 Å². The molecule has 2 unspecified atom stereocenters. The molecule has 21 heavy (non-hydrogen) atoms. The van der Waals surface area contributed by atoms with Crippen molar-refractivity contribution in [2.24, 2.45) is 0 Å². The van der Waals surface area contributed by atoms with Gasteiger partial charge in [-0.25, -0.2) is 0 Å². The average molecular weight is 338 g/mol. The van der Waals surface area contributed by atoms with E-state index in [1.807, 2.05) is 0 Å². The first-order chi connectivity index (χ1) is 9.99. The van der Waals surface area contributed by atoms with Gasteiger partial charge < -0.3 is 13.9 Å². The standard InChI is InChI=1S/C16H35O3PS/c1-5-9-11-13-15(7-3)18-20(17,21)19-16(8-4)14-12-10-6-2/h15-16H,5-14H2,1-4H3,(H,17,21). The lowest BCUT2D eigenvalue weighted by molar-refractivity contribution is 0.0934. The maximum absolute atomic E-state index is 10.3. The second kappa shape index (κ2) is 13.0. The first kappa shape index (κ1) is 21.5. The van der Waals surface area contributed by atoms with E-state index < -0.39 is 6.72 Å². The van der Waals surface area contributed by atoms with Gasteiger partial charge in [-0.05, 0) is 37.5 Å². The van der Waals surface area contributed by atoms with E-state index in [0.29, 0.717) is 0 Å². The number of hydrogen-bond donors (Lipinski definition) is 1. The molecule has 0 spiro atoms. The summed E-state index contributed by atoms with van der Waals surface area (Å²) < 4.78 is 11.5. The van der Waals surface area contributed by atoms with Crippen molar-refractivity contribution in [1.82, 2.24) is 0 Å². The molecule has 0 heterocycles. The predicted octanol–water partition coefficient (Wildman–Crippen LogP) is 5.95. The molecule has 0 bridgehead atoms. The molecular weight excluding hydrogens is 303 g/mol. The van der Waals surface area contributed by atoms with Crippen LogP contribution < -0.4 is 0 Å². The van der Waals surface area contributed by atoms with Crippen LogP contribution in [0.1, 0.15) is 91.9 Å². The van der Waals surface area contributed by atoms with Gasteiger partial charge in [-0.15, -0.1) is 0 Å². The highest BCUT2D eigenvalue weighted by Crippen LogP contribution is 2.48. The summed E-state index contributed by atoms with van der Waals surface area (Å²) in [5.74, 6) is 0. The topological polar surface area (TPSA) is 38.7 Å². The van der Waals surface area contributed by atoms with Gasteiger partial charge in [0, 0.05) is 0 Å². The van der Waals surface area contributed by atoms with E-state index in [0.717, 1.165) is 38.5 Å². The van der Waals surface area contributed by atoms with Gasteiger partial charge in [-0.1, -0.05) is 66.2 Å². The van der Waals surface area contributed by atoms with Gasteiger partial charge in [0.2, 0.25) is 0 Å². The first-order valence-electron chi connectivity index (χ1n) is 8.68. The van der Waals surface area contributed by atoms with Gasteiger partial charge in [0.1, 0.15) is 0 Å². The fraction of sp³-hybridized carbons (Fsp3) is 1.00. The molecule has 1 N–H and O–H groups in total. The summed E-state index contributed by atoms with van der Waals surface area (Å²) in [6, 6.07) is 0. The maximum atomic E-state index is 10.3. The van der Waals surface area contributed by atoms with Gasteiger partial charge in [-0.2, -0.15) is 0 Å². The minimum atomic E-state index is -3.10. The molecule has 0 saturated carbocycles. The van der Waals surface area contributed by atoms with Crippen LogP contribution in [-0.4, -0.2) is 17.1 Å². The molecule has 0 aliphatic carbocycles. The smallest absolute Gasteiger partial charge is 0.324 e. The summed E-state index contributed by atoms with van der Waals surface area (Å²) >= 11 is 5.21. The lowest BCUT2D eigenvalue weighted by Crippen LogP contribution is -2.15. The largest absolute Gasteiger partial charge is 0.325 e. The van der Waals surface area contributed by atoms with E-state index in [1.165, 1.54) is 25.7 Å². The molecule has 3 nitrogen and oxygen atoms in total. The molecule has 0 radical (unpaired) electrons. The number of rotatable bonds is 14. The van der Waals surface area contributed by atoms with E-state index in [9.17, 15) is 4.89 Å². The van der Waals surface area contributed by atoms with Crippen LogP contribution in [0.2, 0.25) is 0 Å². The molecule has 2 atom stereocenters. The summed E-state index contributed by atoms with van der Waals surface area (Å²) in [4.78, 5) is 10.3. The summed E-state index contributed by atoms with van der Waals surface area (Å²) in [6.07, 6.45) is 10.7. The van der Waals surface area contributed by atoms with Crippen molar-refractivity contribution >= 4 is 18.5 Å². The number of unbranched alkanes of at least 4 members (excludes halogenated alkanes) is 4. The fourth-order valence-electron chi connectivity index (χ4n) is 2.31. The Morgan fingerprint density at radius 3 is 1.48 bits per heavy atom. The Hall–Kier alpha value is 0.530. The van der Waals surface area contributed by atoms with Crippen LogP contribution in [-0.2, 0) is 20.9 Å². The maximum Gasteiger partial charge on any atom is 0.325 e. The molecular formula is C16H35O3PS. The summed E-state index contributed by atoms with van der Waals surface area (Å²) in [7, 11) is 0. The Kier molecular flexibility index (Phi) is 13.3. The van der Waals surface area contributed by atoms with Crippen molar-refractivity contribution in [3.63, 3.8) is 0 Å². The molecule has 0 rings (SSSR count). The van der Waals surface area contributed by atoms with Crippen LogP contribution in [0.15, 0.2) is 0 Å². The molecule has 0 aromatic rings. The minimum Gasteiger partial charge on any atom is -0.324 e. The Morgan fingerprint density at radius 2 is 1.19 bits per heavy atom. The summed E-state index contributed by atoms with van der Waals surface area (Å²) in [5, 5.41) is 0. The summed E-state index contributed by atoms with van der Waals surface area (Å²) in [6.45, 7) is 5.41. The zero-order valence-electron chi connectivity index (χ0n) is 14.3. The van der Waals surface area contributed by atoms with Gasteiger partial charge in [0.15, 0.2) is 0 Å². The van der Waals surface area contributed by atoms with Gasteiger partial charge >= 0.3 is 6.72 Å². The molecule has 0 amide bonds. The van der Waals surface area contributed by atoms with E-state index in [2.05, 4.69) is 27.7 Å². The molecule has 0 aliphatic heterocycles. The van der Waals surface area contributed by atoms with E-state index >= 15 is 0 Å². The second-order valence-electron chi connectivity index (χ2n) is 5.73. The van der Waals surface area contributed by atoms with Crippen LogP contribution in [0.3, 0.4) is 0 Å². The van der Waals surface area contributed by atoms with E-state index in [4.69, 9.17) is 20.9 Å². The third-order valence-electron chi connectivity index (χ3n) is 3.73. The quantitative estimate of drug-likeness (QED) is 0.313. The Balaban J connectivity index is 4.25. The normalized spacial score (nSPS) is 17.4. The molecule has 0 saturated heterocycles. The third kappa shape index (κ3) is 11.7. The minimum absolute atomic E-state index is 0.0283. The Morgan fingerprint density at radius 1 is 0.810 bits per heavy atom. The number of hydrogen-bond acceptors (Lipinski definition) is 3. The highest BCUT2D eigenvalue weighted by Gasteiger charge is 2.24. The molecule has 0 aromatic carbocycles. The van der Waals surface area contributed by atoms with Crippen molar-refractivity contribution in [2.45, 2.75) is 104 Å². The molecule has 128 valence electrons. The molecule has 0 aliphatic rings. The third-order valence-corrected chi connectivity index (χ3v) is 5.38. The van der Waals surface area contributed by atoms with Gasteiger partial charge in [0.05, 0.1) is 12.2 Å². The van der Waals surface area contributed by atoms with Crippen molar-refractivity contribution < 1.29 is 13.9 Å². The fourth-order valence-corrected chi connectivity index (χ4v) is 4.35. The molecule has 0 fully saturated rings. The Bertz CT molecular complexity index is 263. The van der Waals surface area contributed by atoms with Crippen molar-refractivity contribution in [3.8, 4) is 0 Å². The second-order valence-corrected chi connectivity index (χ2v) is 8.47. The lowest BCUT2D eigenvalue weighted by Gasteiger charge is -2.26. The average Bonchev–Trinajstić information content (AvgIpc) is 2.45. The van der Waals surface area contributed by atoms with Gasteiger partial charge in [-0.3, -0.25) is 0 Å².